The molecule has 0 aliphatic heterocycles. The Hall–Kier alpha value is -5.60. The van der Waals surface area contributed by atoms with E-state index in [1.54, 1.807) is 48.5 Å². The third-order valence-electron chi connectivity index (χ3n) is 7.26. The van der Waals surface area contributed by atoms with Crippen molar-refractivity contribution >= 4 is 52.8 Å². The summed E-state index contributed by atoms with van der Waals surface area (Å²) in [6.45, 7) is 2.18. The molecule has 2 amide bonds. The summed E-state index contributed by atoms with van der Waals surface area (Å²) < 4.78 is 59.3. The fourth-order valence-electron chi connectivity index (χ4n) is 4.92. The predicted octanol–water partition coefficient (Wildman–Crippen LogP) is 8.57. The quantitative estimate of drug-likeness (QED) is 0.0941. The third-order valence-corrected chi connectivity index (χ3v) is 7.26. The van der Waals surface area contributed by atoms with Gasteiger partial charge in [0.25, 0.3) is 0 Å². The van der Waals surface area contributed by atoms with Crippen LogP contribution in [0.4, 0.5) is 38.5 Å². The van der Waals surface area contributed by atoms with Crippen LogP contribution in [0.1, 0.15) is 32.7 Å². The second-order valence-electron chi connectivity index (χ2n) is 11.2. The molecule has 50 heavy (non-hydrogen) atoms. The van der Waals surface area contributed by atoms with Crippen LogP contribution in [0.5, 0.6) is 5.75 Å². The zero-order valence-corrected chi connectivity index (χ0v) is 27.7. The minimum Gasteiger partial charge on any atom is -0.489 e. The summed E-state index contributed by atoms with van der Waals surface area (Å²) in [5.74, 6) is -1.13. The van der Waals surface area contributed by atoms with Crippen LogP contribution in [0, 0.1) is 12.7 Å². The molecule has 1 aromatic heterocycles. The molecule has 15 heteroatoms. The largest absolute Gasteiger partial charge is 0.489 e. The molecule has 10 nitrogen and oxygen atoms in total. The number of nitrogens with one attached hydrogen (secondary N) is 2. The Morgan fingerprint density at radius 3 is 2.08 bits per heavy atom. The molecular formula is C35H31ClF4N4O6. The summed E-state index contributed by atoms with van der Waals surface area (Å²) in [5, 5.41) is 5.43. The lowest BCUT2D eigenvalue weighted by molar-refractivity contribution is -0.182. The van der Waals surface area contributed by atoms with Crippen molar-refractivity contribution < 1.29 is 46.5 Å². The van der Waals surface area contributed by atoms with Gasteiger partial charge < -0.3 is 20.3 Å². The van der Waals surface area contributed by atoms with Crippen molar-refractivity contribution in [2.24, 2.45) is 0 Å². The average molecular weight is 715 g/mol. The van der Waals surface area contributed by atoms with Crippen molar-refractivity contribution in [3.63, 3.8) is 0 Å². The number of urea groups is 1. The monoisotopic (exact) mass is 714 g/mol. The van der Waals surface area contributed by atoms with Gasteiger partial charge in [-0.2, -0.15) is 13.2 Å². The van der Waals surface area contributed by atoms with Gasteiger partial charge in [0.1, 0.15) is 18.2 Å². The first kappa shape index (κ1) is 37.2. The maximum absolute atomic E-state index is 14.3. The van der Waals surface area contributed by atoms with Gasteiger partial charge in [-0.05, 0) is 98.9 Å². The van der Waals surface area contributed by atoms with E-state index in [9.17, 15) is 31.9 Å². The van der Waals surface area contributed by atoms with Crippen molar-refractivity contribution in [2.75, 3.05) is 24.7 Å². The number of nitrogens with zero attached hydrogens (tertiary/aromatic N) is 2. The van der Waals surface area contributed by atoms with Gasteiger partial charge in [-0.1, -0.05) is 24.3 Å². The van der Waals surface area contributed by atoms with Crippen LogP contribution >= 0.6 is 12.4 Å². The van der Waals surface area contributed by atoms with E-state index in [0.717, 1.165) is 34.4 Å². The molecule has 0 atom stereocenters. The maximum atomic E-state index is 14.3. The number of hydrogen-bond donors (Lipinski definition) is 2. The minimum atomic E-state index is -4.43. The molecule has 0 aliphatic carbocycles. The van der Waals surface area contributed by atoms with E-state index in [1.807, 2.05) is 19.0 Å². The number of carbonyl (C=O) groups excluding carboxylic acids is 3. The number of benzene rings is 4. The number of alkyl halides is 3. The standard InChI is InChI=1S/C35H30F4N4O6.ClH/c1-21-31(41-33(45)40-27-13-15-28(16-14-27)47-20-23-6-10-25(11-7-23)35(37,38)39)29-18-26(36)12-17-30(29)43(21)34(46)49-48-32(44)24-8-4-22(5-9-24)19-42(2)3;/h4-18H,19-20H2,1-3H3,(H2,40,41,45);1H. The van der Waals surface area contributed by atoms with Crippen molar-refractivity contribution in [1.82, 2.24) is 9.47 Å². The molecule has 0 saturated heterocycles. The van der Waals surface area contributed by atoms with Crippen LogP contribution in [0.3, 0.4) is 0 Å². The summed E-state index contributed by atoms with van der Waals surface area (Å²) in [6.07, 6.45) is -5.53. The third kappa shape index (κ3) is 9.09. The zero-order chi connectivity index (χ0) is 35.3. The number of carbonyl (C=O) groups is 3. The molecule has 262 valence electrons. The van der Waals surface area contributed by atoms with Gasteiger partial charge in [-0.15, -0.1) is 12.4 Å². The Labute approximate surface area is 289 Å². The van der Waals surface area contributed by atoms with E-state index in [1.165, 1.54) is 25.1 Å². The summed E-state index contributed by atoms with van der Waals surface area (Å²) in [5.41, 5.74) is 1.70. The highest BCUT2D eigenvalue weighted by atomic mass is 35.5. The molecule has 5 rings (SSSR count). The van der Waals surface area contributed by atoms with E-state index in [2.05, 4.69) is 10.6 Å². The first-order valence-corrected chi connectivity index (χ1v) is 14.7. The molecule has 0 aliphatic rings. The number of rotatable bonds is 8. The van der Waals surface area contributed by atoms with E-state index < -0.39 is 35.7 Å². The number of amides is 2. The lowest BCUT2D eigenvalue weighted by atomic mass is 10.1. The Kier molecular flexibility index (Phi) is 11.7. The highest BCUT2D eigenvalue weighted by Gasteiger charge is 2.30. The molecule has 2 N–H and O–H groups in total. The fraction of sp³-hybridized carbons (Fsp3) is 0.171. The van der Waals surface area contributed by atoms with E-state index in [0.29, 0.717) is 23.5 Å². The Morgan fingerprint density at radius 2 is 1.46 bits per heavy atom. The number of hydrogen-bond acceptors (Lipinski definition) is 7. The minimum absolute atomic E-state index is 0. The normalized spacial score (nSPS) is 11.1. The highest BCUT2D eigenvalue weighted by molar-refractivity contribution is 6.09. The summed E-state index contributed by atoms with van der Waals surface area (Å²) >= 11 is 0. The van der Waals surface area contributed by atoms with E-state index in [-0.39, 0.29) is 46.9 Å². The van der Waals surface area contributed by atoms with Gasteiger partial charge in [0.2, 0.25) is 0 Å². The van der Waals surface area contributed by atoms with Crippen LogP contribution in [0.15, 0.2) is 91.0 Å². The number of halogens is 5. The van der Waals surface area contributed by atoms with Gasteiger partial charge >= 0.3 is 24.3 Å². The number of anilines is 2. The molecule has 4 aromatic carbocycles. The topological polar surface area (TPSA) is 111 Å². The van der Waals surface area contributed by atoms with Gasteiger partial charge in [-0.25, -0.2) is 33.1 Å². The van der Waals surface area contributed by atoms with Gasteiger partial charge in [0.15, 0.2) is 0 Å². The smallest absolute Gasteiger partial charge is 0.461 e. The number of ether oxygens (including phenoxy) is 1. The lowest BCUT2D eigenvalue weighted by Crippen LogP contribution is -2.21. The molecule has 0 spiro atoms. The van der Waals surface area contributed by atoms with Gasteiger partial charge in [0.05, 0.1) is 28.0 Å². The molecule has 5 aromatic rings. The fourth-order valence-corrected chi connectivity index (χ4v) is 4.92. The number of aromatic nitrogens is 1. The molecule has 0 saturated carbocycles. The molecule has 0 fully saturated rings. The Bertz CT molecular complexity index is 1980. The number of fused-ring (bicyclic) bond motifs is 1. The van der Waals surface area contributed by atoms with Crippen molar-refractivity contribution in [2.45, 2.75) is 26.3 Å². The van der Waals surface area contributed by atoms with Crippen molar-refractivity contribution in [3.8, 4) is 5.75 Å². The first-order chi connectivity index (χ1) is 23.3. The van der Waals surface area contributed by atoms with Crippen LogP contribution in [-0.4, -0.2) is 41.7 Å². The average Bonchev–Trinajstić information content (AvgIpc) is 3.32. The van der Waals surface area contributed by atoms with Crippen LogP contribution < -0.4 is 15.4 Å². The second kappa shape index (κ2) is 15.7. The summed E-state index contributed by atoms with van der Waals surface area (Å²) in [7, 11) is 3.82. The van der Waals surface area contributed by atoms with Crippen LogP contribution in [-0.2, 0) is 29.1 Å². The second-order valence-corrected chi connectivity index (χ2v) is 11.2. The molecule has 0 bridgehead atoms. The molecular weight excluding hydrogens is 684 g/mol. The zero-order valence-electron chi connectivity index (χ0n) is 26.8. The molecule has 0 radical (unpaired) electrons. The summed E-state index contributed by atoms with van der Waals surface area (Å²) in [4.78, 5) is 50.1. The molecule has 1 heterocycles. The SMILES string of the molecule is Cc1c(NC(=O)Nc2ccc(OCc3ccc(C(F)(F)F)cc3)cc2)c2cc(F)ccc2n1C(=O)OOC(=O)c1ccc(CN(C)C)cc1.Cl. The first-order valence-electron chi connectivity index (χ1n) is 14.7. The maximum Gasteiger partial charge on any atom is 0.461 e. The predicted molar refractivity (Wildman–Crippen MR) is 180 cm³/mol. The van der Waals surface area contributed by atoms with Crippen LogP contribution in [0.25, 0.3) is 10.9 Å². The lowest BCUT2D eigenvalue weighted by Gasteiger charge is -2.11. The van der Waals surface area contributed by atoms with E-state index in [4.69, 9.17) is 14.5 Å². The van der Waals surface area contributed by atoms with Gasteiger partial charge in [-0.3, -0.25) is 0 Å². The Balaban J connectivity index is 0.00000562. The molecule has 0 unspecified atom stereocenters. The van der Waals surface area contributed by atoms with Crippen LogP contribution in [0.2, 0.25) is 0 Å². The summed E-state index contributed by atoms with van der Waals surface area (Å²) in [6, 6.07) is 20.2. The van der Waals surface area contributed by atoms with Gasteiger partial charge in [0, 0.05) is 17.6 Å². The van der Waals surface area contributed by atoms with E-state index >= 15 is 0 Å². The Morgan fingerprint density at radius 1 is 0.820 bits per heavy atom. The van der Waals surface area contributed by atoms with Crippen molar-refractivity contribution in [3.05, 3.63) is 125 Å². The highest BCUT2D eigenvalue weighted by Crippen LogP contribution is 2.32. The van der Waals surface area contributed by atoms with Crippen molar-refractivity contribution in [1.29, 1.82) is 0 Å².